The van der Waals surface area contributed by atoms with Gasteiger partial charge in [-0.15, -0.1) is 0 Å². The molecule has 0 amide bonds. The van der Waals surface area contributed by atoms with Gasteiger partial charge in [0.25, 0.3) is 5.56 Å². The first kappa shape index (κ1) is 17.5. The topological polar surface area (TPSA) is 92.1 Å². The summed E-state index contributed by atoms with van der Waals surface area (Å²) >= 11 is 0. The van der Waals surface area contributed by atoms with Gasteiger partial charge in [0.1, 0.15) is 5.56 Å². The Labute approximate surface area is 150 Å². The number of ether oxygens (including phenoxy) is 1. The van der Waals surface area contributed by atoms with Crippen LogP contribution in [0.1, 0.15) is 28.4 Å². The van der Waals surface area contributed by atoms with Gasteiger partial charge in [-0.25, -0.2) is 4.79 Å². The van der Waals surface area contributed by atoms with E-state index in [1.165, 1.54) is 6.07 Å². The molecule has 3 aromatic rings. The number of esters is 1. The standard InChI is InChI=1S/C19H20N4O3/c1-2-26-19(25)16-13-23(21-18(16)20)12-15-8-6-14(7-9-15)11-22-10-4-3-5-17(22)24/h3-10,13H,2,11-12H2,1H3,(H2,20,21). The van der Waals surface area contributed by atoms with E-state index in [1.807, 2.05) is 30.3 Å². The first-order valence-electron chi connectivity index (χ1n) is 8.30. The molecule has 0 radical (unpaired) electrons. The van der Waals surface area contributed by atoms with Gasteiger partial charge in [-0.3, -0.25) is 9.48 Å². The lowest BCUT2D eigenvalue weighted by Crippen LogP contribution is -2.18. The largest absolute Gasteiger partial charge is 0.462 e. The molecule has 26 heavy (non-hydrogen) atoms. The van der Waals surface area contributed by atoms with E-state index in [1.54, 1.807) is 34.6 Å². The minimum atomic E-state index is -0.472. The molecular formula is C19H20N4O3. The van der Waals surface area contributed by atoms with Crippen LogP contribution in [0, 0.1) is 0 Å². The average Bonchev–Trinajstić information content (AvgIpc) is 2.99. The molecule has 1 aromatic carbocycles. The van der Waals surface area contributed by atoms with E-state index in [2.05, 4.69) is 5.10 Å². The fourth-order valence-corrected chi connectivity index (χ4v) is 2.61. The SMILES string of the molecule is CCOC(=O)c1cn(Cc2ccc(Cn3ccccc3=O)cc2)nc1N. The molecule has 0 aliphatic rings. The van der Waals surface area contributed by atoms with E-state index in [-0.39, 0.29) is 23.5 Å². The van der Waals surface area contributed by atoms with E-state index >= 15 is 0 Å². The summed E-state index contributed by atoms with van der Waals surface area (Å²) in [4.78, 5) is 23.6. The molecule has 7 nitrogen and oxygen atoms in total. The molecule has 0 aliphatic heterocycles. The highest BCUT2D eigenvalue weighted by Crippen LogP contribution is 2.13. The zero-order valence-corrected chi connectivity index (χ0v) is 14.5. The third kappa shape index (κ3) is 4.00. The van der Waals surface area contributed by atoms with E-state index in [4.69, 9.17) is 10.5 Å². The van der Waals surface area contributed by atoms with Crippen molar-refractivity contribution in [3.63, 3.8) is 0 Å². The van der Waals surface area contributed by atoms with E-state index in [0.717, 1.165) is 11.1 Å². The number of benzene rings is 1. The molecule has 0 unspecified atom stereocenters. The molecule has 0 spiro atoms. The molecule has 0 bridgehead atoms. The van der Waals surface area contributed by atoms with Crippen LogP contribution in [0.4, 0.5) is 5.82 Å². The number of aromatic nitrogens is 3. The second-order valence-electron chi connectivity index (χ2n) is 5.83. The summed E-state index contributed by atoms with van der Waals surface area (Å²) < 4.78 is 8.21. The molecule has 0 atom stereocenters. The van der Waals surface area contributed by atoms with Crippen LogP contribution in [-0.4, -0.2) is 26.9 Å². The van der Waals surface area contributed by atoms with Crippen LogP contribution in [0.3, 0.4) is 0 Å². The Bertz CT molecular complexity index is 957. The summed E-state index contributed by atoms with van der Waals surface area (Å²) in [5, 5.41) is 4.16. The minimum Gasteiger partial charge on any atom is -0.462 e. The molecule has 0 saturated heterocycles. The van der Waals surface area contributed by atoms with Gasteiger partial charge in [0.05, 0.1) is 19.7 Å². The van der Waals surface area contributed by atoms with Gasteiger partial charge in [0.15, 0.2) is 5.82 Å². The smallest absolute Gasteiger partial charge is 0.343 e. The Morgan fingerprint density at radius 3 is 2.46 bits per heavy atom. The summed E-state index contributed by atoms with van der Waals surface area (Å²) in [6, 6.07) is 13.0. The Kier molecular flexibility index (Phi) is 5.17. The fraction of sp³-hybridized carbons (Fsp3) is 0.211. The molecule has 2 heterocycles. The Morgan fingerprint density at radius 2 is 1.81 bits per heavy atom. The number of nitrogens with two attached hydrogens (primary N) is 1. The lowest BCUT2D eigenvalue weighted by atomic mass is 10.1. The maximum atomic E-state index is 11.8. The van der Waals surface area contributed by atoms with Crippen molar-refractivity contribution >= 4 is 11.8 Å². The molecule has 2 N–H and O–H groups in total. The number of rotatable bonds is 6. The maximum Gasteiger partial charge on any atom is 0.343 e. The second-order valence-corrected chi connectivity index (χ2v) is 5.83. The monoisotopic (exact) mass is 352 g/mol. The maximum absolute atomic E-state index is 11.8. The number of pyridine rings is 1. The van der Waals surface area contributed by atoms with E-state index in [0.29, 0.717) is 13.1 Å². The Morgan fingerprint density at radius 1 is 1.12 bits per heavy atom. The molecule has 0 saturated carbocycles. The van der Waals surface area contributed by atoms with Crippen LogP contribution in [-0.2, 0) is 17.8 Å². The zero-order chi connectivity index (χ0) is 18.5. The number of carbonyl (C=O) groups is 1. The summed E-state index contributed by atoms with van der Waals surface area (Å²) in [5.41, 5.74) is 8.05. The van der Waals surface area contributed by atoms with Gasteiger partial charge in [0, 0.05) is 18.5 Å². The van der Waals surface area contributed by atoms with Gasteiger partial charge in [-0.1, -0.05) is 30.3 Å². The average molecular weight is 352 g/mol. The van der Waals surface area contributed by atoms with Gasteiger partial charge in [-0.2, -0.15) is 5.10 Å². The molecule has 2 aromatic heterocycles. The number of hydrogen-bond acceptors (Lipinski definition) is 5. The molecular weight excluding hydrogens is 332 g/mol. The Hall–Kier alpha value is -3.35. The molecule has 0 fully saturated rings. The third-order valence-electron chi connectivity index (χ3n) is 3.91. The first-order chi connectivity index (χ1) is 12.6. The van der Waals surface area contributed by atoms with Gasteiger partial charge in [0.2, 0.25) is 0 Å². The normalized spacial score (nSPS) is 10.7. The number of carbonyl (C=O) groups excluding carboxylic acids is 1. The number of hydrogen-bond donors (Lipinski definition) is 1. The van der Waals surface area contributed by atoms with Crippen molar-refractivity contribution in [2.45, 2.75) is 20.0 Å². The van der Waals surface area contributed by atoms with Crippen LogP contribution in [0.5, 0.6) is 0 Å². The zero-order valence-electron chi connectivity index (χ0n) is 14.5. The number of anilines is 1. The molecule has 7 heteroatoms. The fourth-order valence-electron chi connectivity index (χ4n) is 2.61. The first-order valence-corrected chi connectivity index (χ1v) is 8.30. The predicted octanol–water partition coefficient (Wildman–Crippen LogP) is 1.90. The van der Waals surface area contributed by atoms with Crippen molar-refractivity contribution in [2.75, 3.05) is 12.3 Å². The van der Waals surface area contributed by atoms with Crippen LogP contribution in [0.15, 0.2) is 59.7 Å². The van der Waals surface area contributed by atoms with Gasteiger partial charge >= 0.3 is 5.97 Å². The second kappa shape index (κ2) is 7.69. The van der Waals surface area contributed by atoms with Crippen molar-refractivity contribution in [3.05, 3.63) is 81.9 Å². The van der Waals surface area contributed by atoms with E-state index in [9.17, 15) is 9.59 Å². The van der Waals surface area contributed by atoms with Crippen molar-refractivity contribution in [3.8, 4) is 0 Å². The highest BCUT2D eigenvalue weighted by Gasteiger charge is 2.15. The third-order valence-corrected chi connectivity index (χ3v) is 3.91. The van der Waals surface area contributed by atoms with Crippen LogP contribution in [0.25, 0.3) is 0 Å². The van der Waals surface area contributed by atoms with Gasteiger partial charge < -0.3 is 15.0 Å². The number of nitrogens with zero attached hydrogens (tertiary/aromatic N) is 3. The van der Waals surface area contributed by atoms with Crippen molar-refractivity contribution in [1.82, 2.24) is 14.3 Å². The quantitative estimate of drug-likeness (QED) is 0.684. The summed E-state index contributed by atoms with van der Waals surface area (Å²) in [6.07, 6.45) is 3.35. The number of nitrogen functional groups attached to an aromatic ring is 1. The van der Waals surface area contributed by atoms with Crippen LogP contribution >= 0.6 is 0 Å². The highest BCUT2D eigenvalue weighted by molar-refractivity contribution is 5.93. The summed E-state index contributed by atoms with van der Waals surface area (Å²) in [5.74, 6) is -0.316. The summed E-state index contributed by atoms with van der Waals surface area (Å²) in [6.45, 7) is 3.02. The Balaban J connectivity index is 1.70. The van der Waals surface area contributed by atoms with Crippen LogP contribution < -0.4 is 11.3 Å². The molecule has 134 valence electrons. The highest BCUT2D eigenvalue weighted by atomic mass is 16.5. The van der Waals surface area contributed by atoms with Crippen molar-refractivity contribution in [2.24, 2.45) is 0 Å². The summed E-state index contributed by atoms with van der Waals surface area (Å²) in [7, 11) is 0. The van der Waals surface area contributed by atoms with Crippen molar-refractivity contribution in [1.29, 1.82) is 0 Å². The van der Waals surface area contributed by atoms with Crippen LogP contribution in [0.2, 0.25) is 0 Å². The van der Waals surface area contributed by atoms with Crippen molar-refractivity contribution < 1.29 is 9.53 Å². The minimum absolute atomic E-state index is 0.0323. The van der Waals surface area contributed by atoms with E-state index < -0.39 is 5.97 Å². The lowest BCUT2D eigenvalue weighted by molar-refractivity contribution is 0.0527. The predicted molar refractivity (Wildman–Crippen MR) is 97.9 cm³/mol. The lowest BCUT2D eigenvalue weighted by Gasteiger charge is -2.07. The molecule has 0 aliphatic carbocycles. The van der Waals surface area contributed by atoms with Gasteiger partial charge in [-0.05, 0) is 24.1 Å². The molecule has 3 rings (SSSR count).